The van der Waals surface area contributed by atoms with Gasteiger partial charge in [-0.05, 0) is 12.8 Å². The van der Waals surface area contributed by atoms with Crippen LogP contribution in [-0.2, 0) is 9.84 Å². The van der Waals surface area contributed by atoms with Gasteiger partial charge in [0, 0.05) is 34.4 Å². The first-order valence-electron chi connectivity index (χ1n) is 5.78. The van der Waals surface area contributed by atoms with Crippen LogP contribution < -0.4 is 0 Å². The Kier molecular flexibility index (Phi) is 4.06. The third kappa shape index (κ3) is 2.91. The zero-order chi connectivity index (χ0) is 13.3. The number of nitrogens with zero attached hydrogens (tertiary/aromatic N) is 3. The monoisotopic (exact) mass is 261 g/mol. The van der Waals surface area contributed by atoms with Crippen LogP contribution in [0.5, 0.6) is 0 Å². The topological polar surface area (TPSA) is 53.0 Å². The predicted octanol–water partition coefficient (Wildman–Crippen LogP) is 0.433. The van der Waals surface area contributed by atoms with Crippen LogP contribution >= 0.6 is 0 Å². The molecule has 0 amide bonds. The Morgan fingerprint density at radius 3 is 1.88 bits per heavy atom. The van der Waals surface area contributed by atoms with Crippen molar-refractivity contribution in [3.05, 3.63) is 0 Å². The Labute approximate surface area is 104 Å². The molecule has 0 atom stereocenters. The van der Waals surface area contributed by atoms with Gasteiger partial charge in [0.1, 0.15) is 0 Å². The van der Waals surface area contributed by atoms with Crippen molar-refractivity contribution in [3.63, 3.8) is 0 Å². The third-order valence-corrected chi connectivity index (χ3v) is 5.47. The Bertz CT molecular complexity index is 385. The highest BCUT2D eigenvalue weighted by atomic mass is 32.2. The van der Waals surface area contributed by atoms with Gasteiger partial charge < -0.3 is 9.80 Å². The van der Waals surface area contributed by atoms with Gasteiger partial charge in [0.2, 0.25) is 0 Å². The Morgan fingerprint density at radius 1 is 1.18 bits per heavy atom. The van der Waals surface area contributed by atoms with Crippen molar-refractivity contribution < 1.29 is 8.42 Å². The van der Waals surface area contributed by atoms with Crippen molar-refractivity contribution in [2.75, 3.05) is 41.0 Å². The second-order valence-electron chi connectivity index (χ2n) is 5.21. The maximum absolute atomic E-state index is 11.8. The van der Waals surface area contributed by atoms with Crippen LogP contribution in [0.4, 0.5) is 0 Å². The van der Waals surface area contributed by atoms with Crippen LogP contribution in [-0.4, -0.2) is 69.9 Å². The summed E-state index contributed by atoms with van der Waals surface area (Å²) in [5, 5.41) is 0. The summed E-state index contributed by atoms with van der Waals surface area (Å²) in [6, 6.07) is 0. The van der Waals surface area contributed by atoms with E-state index in [0.29, 0.717) is 6.54 Å². The molecule has 100 valence electrons. The molecule has 17 heavy (non-hydrogen) atoms. The molecule has 1 aliphatic rings. The highest BCUT2D eigenvalue weighted by molar-refractivity contribution is 7.92. The number of hydrogen-bond acceptors (Lipinski definition) is 3. The Balaban J connectivity index is 2.87. The zero-order valence-electron chi connectivity index (χ0n) is 11.4. The molecule has 0 aliphatic heterocycles. The largest absolute Gasteiger partial charge is 0.349 e. The smallest absolute Gasteiger partial charge is 0.195 e. The van der Waals surface area contributed by atoms with Crippen molar-refractivity contribution in [3.8, 4) is 0 Å². The molecule has 0 aromatic rings. The van der Waals surface area contributed by atoms with E-state index >= 15 is 0 Å². The highest BCUT2D eigenvalue weighted by Crippen LogP contribution is 2.39. The van der Waals surface area contributed by atoms with E-state index in [1.165, 1.54) is 6.26 Å². The third-order valence-electron chi connectivity index (χ3n) is 3.36. The molecule has 1 saturated carbocycles. The molecule has 5 nitrogen and oxygen atoms in total. The molecule has 0 aromatic heterocycles. The van der Waals surface area contributed by atoms with Gasteiger partial charge in [0.15, 0.2) is 15.8 Å². The molecule has 0 heterocycles. The number of sulfone groups is 1. The summed E-state index contributed by atoms with van der Waals surface area (Å²) in [5.74, 6) is 0.805. The van der Waals surface area contributed by atoms with Crippen LogP contribution in [0.2, 0.25) is 0 Å². The van der Waals surface area contributed by atoms with Crippen LogP contribution in [0.25, 0.3) is 0 Å². The van der Waals surface area contributed by atoms with E-state index in [4.69, 9.17) is 0 Å². The molecule has 0 spiro atoms. The second-order valence-corrected chi connectivity index (χ2v) is 7.62. The number of aliphatic imine (C=N–C) groups is 1. The van der Waals surface area contributed by atoms with Crippen LogP contribution in [0.1, 0.15) is 19.3 Å². The number of guanidine groups is 1. The summed E-state index contributed by atoms with van der Waals surface area (Å²) in [7, 11) is 4.62. The standard InChI is InChI=1S/C11H23N3O2S/c1-13(2)10(14(3)4)12-9-11(7-6-8-11)17(5,15)16/h6-9H2,1-5H3. The van der Waals surface area contributed by atoms with Gasteiger partial charge in [0.05, 0.1) is 11.3 Å². The van der Waals surface area contributed by atoms with E-state index in [0.717, 1.165) is 25.2 Å². The van der Waals surface area contributed by atoms with Crippen LogP contribution in [0, 0.1) is 0 Å². The Hall–Kier alpha value is -0.780. The van der Waals surface area contributed by atoms with E-state index in [2.05, 4.69) is 4.99 Å². The average molecular weight is 261 g/mol. The van der Waals surface area contributed by atoms with Gasteiger partial charge in [0.25, 0.3) is 0 Å². The van der Waals surface area contributed by atoms with E-state index in [9.17, 15) is 8.42 Å². The van der Waals surface area contributed by atoms with Gasteiger partial charge in [-0.1, -0.05) is 6.42 Å². The lowest BCUT2D eigenvalue weighted by molar-refractivity contribution is 0.343. The maximum atomic E-state index is 11.8. The van der Waals surface area contributed by atoms with Crippen molar-refractivity contribution in [2.24, 2.45) is 4.99 Å². The normalized spacial score (nSPS) is 18.2. The van der Waals surface area contributed by atoms with E-state index in [-0.39, 0.29) is 0 Å². The van der Waals surface area contributed by atoms with E-state index < -0.39 is 14.6 Å². The molecular formula is C11H23N3O2S. The minimum absolute atomic E-state index is 0.373. The fraction of sp³-hybridized carbons (Fsp3) is 0.909. The molecule has 1 aliphatic carbocycles. The summed E-state index contributed by atoms with van der Waals surface area (Å²) in [4.78, 5) is 8.27. The predicted molar refractivity (Wildman–Crippen MR) is 71.1 cm³/mol. The van der Waals surface area contributed by atoms with Crippen molar-refractivity contribution in [1.82, 2.24) is 9.80 Å². The fourth-order valence-electron chi connectivity index (χ4n) is 2.11. The van der Waals surface area contributed by atoms with E-state index in [1.807, 2.05) is 38.0 Å². The Morgan fingerprint density at radius 2 is 1.65 bits per heavy atom. The first-order chi connectivity index (χ1) is 7.69. The SMILES string of the molecule is CN(C)C(=NCC1(S(C)(=O)=O)CCC1)N(C)C. The van der Waals surface area contributed by atoms with Crippen molar-refractivity contribution >= 4 is 15.8 Å². The summed E-state index contributed by atoms with van der Waals surface area (Å²) in [6.07, 6.45) is 3.79. The second kappa shape index (κ2) is 4.84. The minimum atomic E-state index is -3.02. The summed E-state index contributed by atoms with van der Waals surface area (Å²) < 4.78 is 23.0. The van der Waals surface area contributed by atoms with Gasteiger partial charge in [-0.25, -0.2) is 8.42 Å². The lowest BCUT2D eigenvalue weighted by Crippen LogP contribution is -2.48. The first-order valence-corrected chi connectivity index (χ1v) is 7.67. The van der Waals surface area contributed by atoms with Crippen LogP contribution in [0.15, 0.2) is 4.99 Å². The van der Waals surface area contributed by atoms with Crippen molar-refractivity contribution in [1.29, 1.82) is 0 Å². The first kappa shape index (κ1) is 14.3. The summed E-state index contributed by atoms with van der Waals surface area (Å²) in [6.45, 7) is 0.373. The van der Waals surface area contributed by atoms with Crippen LogP contribution in [0.3, 0.4) is 0 Å². The van der Waals surface area contributed by atoms with Gasteiger partial charge in [-0.2, -0.15) is 0 Å². The average Bonchev–Trinajstić information content (AvgIpc) is 2.05. The highest BCUT2D eigenvalue weighted by Gasteiger charge is 2.46. The van der Waals surface area contributed by atoms with Gasteiger partial charge in [-0.3, -0.25) is 4.99 Å². The maximum Gasteiger partial charge on any atom is 0.195 e. The lowest BCUT2D eigenvalue weighted by atomic mass is 9.84. The molecule has 0 N–H and O–H groups in total. The van der Waals surface area contributed by atoms with Crippen molar-refractivity contribution in [2.45, 2.75) is 24.0 Å². The molecule has 0 unspecified atom stereocenters. The molecular weight excluding hydrogens is 238 g/mol. The molecule has 6 heteroatoms. The summed E-state index contributed by atoms with van der Waals surface area (Å²) in [5.41, 5.74) is 0. The number of rotatable bonds is 3. The zero-order valence-corrected chi connectivity index (χ0v) is 12.2. The molecule has 0 aromatic carbocycles. The molecule has 0 radical (unpaired) electrons. The van der Waals surface area contributed by atoms with Gasteiger partial charge in [-0.15, -0.1) is 0 Å². The minimum Gasteiger partial charge on any atom is -0.349 e. The quantitative estimate of drug-likeness (QED) is 0.546. The molecule has 0 bridgehead atoms. The molecule has 1 rings (SSSR count). The van der Waals surface area contributed by atoms with E-state index in [1.54, 1.807) is 0 Å². The molecule has 1 fully saturated rings. The molecule has 0 saturated heterocycles. The fourth-order valence-corrected chi connectivity index (χ4v) is 3.44. The number of hydrogen-bond donors (Lipinski definition) is 0. The summed E-state index contributed by atoms with van der Waals surface area (Å²) >= 11 is 0. The lowest BCUT2D eigenvalue weighted by Gasteiger charge is -2.39. The van der Waals surface area contributed by atoms with Gasteiger partial charge >= 0.3 is 0 Å².